The molecule has 0 fully saturated rings. The van der Waals surface area contributed by atoms with E-state index in [-0.39, 0.29) is 18.0 Å². The number of hydrogen-bond acceptors (Lipinski definition) is 2. The summed E-state index contributed by atoms with van der Waals surface area (Å²) in [7, 11) is 0. The summed E-state index contributed by atoms with van der Waals surface area (Å²) in [4.78, 5) is 3.73. The normalized spacial score (nSPS) is 10.4. The number of rotatable bonds is 3. The summed E-state index contributed by atoms with van der Waals surface area (Å²) < 4.78 is 25.8. The van der Waals surface area contributed by atoms with Gasteiger partial charge in [-0.25, -0.2) is 8.78 Å². The van der Waals surface area contributed by atoms with Gasteiger partial charge in [-0.05, 0) is 28.7 Å². The number of alkyl halides is 3. The van der Waals surface area contributed by atoms with Gasteiger partial charge in [-0.1, -0.05) is 0 Å². The fourth-order valence-corrected chi connectivity index (χ4v) is 2.43. The monoisotopic (exact) mass is 342 g/mol. The lowest BCUT2D eigenvalue weighted by Gasteiger charge is -2.09. The molecule has 0 aliphatic rings. The van der Waals surface area contributed by atoms with Crippen molar-refractivity contribution >= 4 is 34.2 Å². The van der Waals surface area contributed by atoms with Crippen LogP contribution in [-0.4, -0.2) is 4.98 Å². The average molecular weight is 343 g/mol. The molecule has 0 aromatic carbocycles. The van der Waals surface area contributed by atoms with E-state index in [1.807, 2.05) is 28.7 Å². The molecule has 0 saturated heterocycles. The summed E-state index contributed by atoms with van der Waals surface area (Å²) in [6, 6.07) is 3.48. The Hall–Kier alpha value is -0.480. The van der Waals surface area contributed by atoms with Crippen LogP contribution in [0.3, 0.4) is 0 Å². The van der Waals surface area contributed by atoms with E-state index in [2.05, 4.69) is 4.98 Å². The Labute approximate surface area is 104 Å². The second-order valence-corrected chi connectivity index (χ2v) is 4.16. The molecule has 1 heterocycles. The largest absolute Gasteiger partial charge is 0.280 e. The van der Waals surface area contributed by atoms with Crippen molar-refractivity contribution in [1.82, 2.24) is 4.98 Å². The van der Waals surface area contributed by atoms with Crippen LogP contribution in [-0.2, 0) is 12.3 Å². The number of hydrogen-bond donors (Lipinski definition) is 0. The molecule has 1 aromatic heterocycles. The van der Waals surface area contributed by atoms with Crippen LogP contribution in [0.1, 0.15) is 23.4 Å². The Morgan fingerprint density at radius 3 is 2.73 bits per heavy atom. The van der Waals surface area contributed by atoms with Crippen LogP contribution >= 0.6 is 34.2 Å². The third-order valence-electron chi connectivity index (χ3n) is 1.76. The van der Waals surface area contributed by atoms with Crippen LogP contribution in [0.15, 0.2) is 6.07 Å². The van der Waals surface area contributed by atoms with E-state index in [4.69, 9.17) is 16.9 Å². The number of aromatic nitrogens is 1. The van der Waals surface area contributed by atoms with Crippen molar-refractivity contribution in [1.29, 1.82) is 5.26 Å². The highest BCUT2D eigenvalue weighted by Gasteiger charge is 2.18. The van der Waals surface area contributed by atoms with E-state index >= 15 is 0 Å². The summed E-state index contributed by atoms with van der Waals surface area (Å²) >= 11 is 7.49. The standard InChI is InChI=1S/C9H6ClF2IN2/c10-4-6-7(13)3-5(1-2-14)15-8(6)9(11)12/h3,9H,1,4H2. The Morgan fingerprint density at radius 2 is 2.27 bits per heavy atom. The SMILES string of the molecule is N#CCc1cc(I)c(CCl)c(C(F)F)n1. The van der Waals surface area contributed by atoms with Crippen molar-refractivity contribution in [2.24, 2.45) is 0 Å². The van der Waals surface area contributed by atoms with Crippen molar-refractivity contribution in [3.8, 4) is 6.07 Å². The van der Waals surface area contributed by atoms with E-state index in [0.29, 0.717) is 14.8 Å². The Balaban J connectivity index is 3.27. The molecule has 6 heteroatoms. The van der Waals surface area contributed by atoms with E-state index in [0.717, 1.165) is 0 Å². The highest BCUT2D eigenvalue weighted by atomic mass is 127. The van der Waals surface area contributed by atoms with Gasteiger partial charge in [-0.15, -0.1) is 11.6 Å². The van der Waals surface area contributed by atoms with Gasteiger partial charge in [-0.3, -0.25) is 4.98 Å². The molecule has 2 nitrogen and oxygen atoms in total. The molecule has 1 rings (SSSR count). The molecule has 0 unspecified atom stereocenters. The quantitative estimate of drug-likeness (QED) is 0.623. The molecule has 0 aliphatic carbocycles. The minimum Gasteiger partial charge on any atom is -0.250 e. The van der Waals surface area contributed by atoms with E-state index in [1.165, 1.54) is 0 Å². The topological polar surface area (TPSA) is 36.7 Å². The fraction of sp³-hybridized carbons (Fsp3) is 0.333. The first-order chi connectivity index (χ1) is 7.10. The number of nitrogens with zero attached hydrogens (tertiary/aromatic N) is 2. The third kappa shape index (κ3) is 2.98. The zero-order valence-corrected chi connectivity index (χ0v) is 10.4. The lowest BCUT2D eigenvalue weighted by atomic mass is 10.2. The van der Waals surface area contributed by atoms with E-state index in [9.17, 15) is 8.78 Å². The first-order valence-corrected chi connectivity index (χ1v) is 5.60. The molecule has 0 N–H and O–H groups in total. The molecule has 0 aliphatic heterocycles. The van der Waals surface area contributed by atoms with Crippen molar-refractivity contribution in [2.75, 3.05) is 0 Å². The minimum atomic E-state index is -2.66. The van der Waals surface area contributed by atoms with Gasteiger partial charge in [0.05, 0.1) is 24.1 Å². The highest BCUT2D eigenvalue weighted by molar-refractivity contribution is 14.1. The Kier molecular flexibility index (Phi) is 4.67. The van der Waals surface area contributed by atoms with Crippen molar-refractivity contribution < 1.29 is 8.78 Å². The minimum absolute atomic E-state index is 0.00220. The maximum atomic E-state index is 12.6. The first-order valence-electron chi connectivity index (χ1n) is 3.99. The maximum absolute atomic E-state index is 12.6. The number of nitriles is 1. The van der Waals surface area contributed by atoms with Crippen LogP contribution in [0, 0.1) is 14.9 Å². The van der Waals surface area contributed by atoms with Gasteiger partial charge in [0.1, 0.15) is 5.69 Å². The van der Waals surface area contributed by atoms with Gasteiger partial charge < -0.3 is 0 Å². The summed E-state index contributed by atoms with van der Waals surface area (Å²) in [5, 5.41) is 8.46. The van der Waals surface area contributed by atoms with Gasteiger partial charge in [-0.2, -0.15) is 5.26 Å². The van der Waals surface area contributed by atoms with Crippen molar-refractivity contribution in [3.05, 3.63) is 26.6 Å². The molecule has 0 atom stereocenters. The van der Waals surface area contributed by atoms with E-state index < -0.39 is 6.43 Å². The summed E-state index contributed by atoms with van der Waals surface area (Å²) in [6.45, 7) is 0. The molecule has 0 saturated carbocycles. The fourth-order valence-electron chi connectivity index (χ4n) is 1.09. The van der Waals surface area contributed by atoms with Crippen LogP contribution in [0.2, 0.25) is 0 Å². The second kappa shape index (κ2) is 5.56. The molecular weight excluding hydrogens is 336 g/mol. The molecule has 0 spiro atoms. The first kappa shape index (κ1) is 12.6. The van der Waals surface area contributed by atoms with Crippen LogP contribution < -0.4 is 0 Å². The smallest absolute Gasteiger partial charge is 0.250 e. The van der Waals surface area contributed by atoms with Gasteiger partial charge in [0, 0.05) is 9.13 Å². The van der Waals surface area contributed by atoms with E-state index in [1.54, 1.807) is 6.07 Å². The lowest BCUT2D eigenvalue weighted by Crippen LogP contribution is -2.03. The van der Waals surface area contributed by atoms with Gasteiger partial charge in [0.2, 0.25) is 0 Å². The van der Waals surface area contributed by atoms with Gasteiger partial charge >= 0.3 is 0 Å². The number of pyridine rings is 1. The predicted molar refractivity (Wildman–Crippen MR) is 60.8 cm³/mol. The Morgan fingerprint density at radius 1 is 1.60 bits per heavy atom. The van der Waals surface area contributed by atoms with Crippen molar-refractivity contribution in [2.45, 2.75) is 18.7 Å². The second-order valence-electron chi connectivity index (χ2n) is 2.73. The molecular formula is C9H6ClF2IN2. The zero-order valence-electron chi connectivity index (χ0n) is 7.48. The molecule has 0 bridgehead atoms. The molecule has 80 valence electrons. The molecule has 1 aromatic rings. The lowest BCUT2D eigenvalue weighted by molar-refractivity contribution is 0.144. The summed E-state index contributed by atoms with van der Waals surface area (Å²) in [5.41, 5.74) is 0.377. The summed E-state index contributed by atoms with van der Waals surface area (Å²) in [6.07, 6.45) is -2.64. The third-order valence-corrected chi connectivity index (χ3v) is 2.99. The van der Waals surface area contributed by atoms with Crippen LogP contribution in [0.25, 0.3) is 0 Å². The van der Waals surface area contributed by atoms with Crippen molar-refractivity contribution in [3.63, 3.8) is 0 Å². The zero-order chi connectivity index (χ0) is 11.4. The molecule has 0 radical (unpaired) electrons. The number of halogens is 4. The maximum Gasteiger partial charge on any atom is 0.280 e. The predicted octanol–water partition coefficient (Wildman–Crippen LogP) is 3.43. The summed E-state index contributed by atoms with van der Waals surface area (Å²) in [5.74, 6) is -0.00220. The van der Waals surface area contributed by atoms with Gasteiger partial charge in [0.25, 0.3) is 6.43 Å². The van der Waals surface area contributed by atoms with Gasteiger partial charge in [0.15, 0.2) is 0 Å². The van der Waals surface area contributed by atoms with Crippen LogP contribution in [0.5, 0.6) is 0 Å². The Bertz CT molecular complexity index is 404. The average Bonchev–Trinajstić information content (AvgIpc) is 2.17. The molecule has 0 amide bonds. The highest BCUT2D eigenvalue weighted by Crippen LogP contribution is 2.27. The molecule has 15 heavy (non-hydrogen) atoms. The van der Waals surface area contributed by atoms with Crippen LogP contribution in [0.4, 0.5) is 8.78 Å².